The summed E-state index contributed by atoms with van der Waals surface area (Å²) in [7, 11) is -3.34. The second kappa shape index (κ2) is 6.31. The van der Waals surface area contributed by atoms with Crippen molar-refractivity contribution in [1.29, 1.82) is 0 Å². The molecule has 2 rings (SSSR count). The molecule has 8 heteroatoms. The molecule has 7 nitrogen and oxygen atoms in total. The second-order valence-corrected chi connectivity index (χ2v) is 7.76. The first-order chi connectivity index (χ1) is 9.86. The van der Waals surface area contributed by atoms with Gasteiger partial charge in [0, 0.05) is 19.6 Å². The van der Waals surface area contributed by atoms with Crippen LogP contribution in [0.5, 0.6) is 0 Å². The minimum atomic E-state index is -3.34. The molecule has 1 amide bonds. The fraction of sp³-hybridized carbons (Fsp3) is 0.846. The summed E-state index contributed by atoms with van der Waals surface area (Å²) in [6.45, 7) is 2.75. The maximum atomic E-state index is 12.5. The fourth-order valence-corrected chi connectivity index (χ4v) is 4.54. The van der Waals surface area contributed by atoms with E-state index in [9.17, 15) is 18.0 Å². The number of carboxylic acids is 1. The number of sulfonamides is 1. The second-order valence-electron chi connectivity index (χ2n) is 5.72. The number of hydrogen-bond acceptors (Lipinski definition) is 4. The lowest BCUT2D eigenvalue weighted by molar-refractivity contribution is -0.154. The summed E-state index contributed by atoms with van der Waals surface area (Å²) in [6.07, 6.45) is 2.72. The SMILES string of the molecule is CCCCC(C(=O)N1CC(C(=O)O)C1)N1CCCS1(=O)=O. The third-order valence-corrected chi connectivity index (χ3v) is 6.10. The molecule has 0 saturated carbocycles. The molecule has 0 spiro atoms. The summed E-state index contributed by atoms with van der Waals surface area (Å²) in [6, 6.07) is -0.660. The molecular formula is C13H22N2O5S. The smallest absolute Gasteiger partial charge is 0.310 e. The lowest BCUT2D eigenvalue weighted by atomic mass is 9.98. The van der Waals surface area contributed by atoms with Gasteiger partial charge in [-0.3, -0.25) is 9.59 Å². The van der Waals surface area contributed by atoms with Crippen LogP contribution in [0.1, 0.15) is 32.6 Å². The van der Waals surface area contributed by atoms with Crippen LogP contribution in [0.4, 0.5) is 0 Å². The molecule has 0 radical (unpaired) electrons. The lowest BCUT2D eigenvalue weighted by Crippen LogP contribution is -2.58. The molecule has 0 aromatic rings. The van der Waals surface area contributed by atoms with Crippen molar-refractivity contribution in [2.45, 2.75) is 38.6 Å². The van der Waals surface area contributed by atoms with E-state index in [1.807, 2.05) is 6.92 Å². The topological polar surface area (TPSA) is 95.0 Å². The number of unbranched alkanes of at least 4 members (excludes halogenated alkanes) is 1. The average Bonchev–Trinajstić information content (AvgIpc) is 2.67. The van der Waals surface area contributed by atoms with E-state index in [1.165, 1.54) is 9.21 Å². The van der Waals surface area contributed by atoms with Gasteiger partial charge in [-0.25, -0.2) is 8.42 Å². The standard InChI is InChI=1S/C13H22N2O5S/c1-2-3-5-11(15-6-4-7-21(15,19)20)12(16)14-8-10(9-14)13(17)18/h10-11H,2-9H2,1H3,(H,17,18). The molecule has 0 aliphatic carbocycles. The maximum absolute atomic E-state index is 12.5. The molecule has 0 aromatic heterocycles. The maximum Gasteiger partial charge on any atom is 0.310 e. The Morgan fingerprint density at radius 2 is 2.00 bits per heavy atom. The van der Waals surface area contributed by atoms with Gasteiger partial charge >= 0.3 is 5.97 Å². The number of likely N-dealkylation sites (tertiary alicyclic amines) is 1. The Morgan fingerprint density at radius 3 is 2.48 bits per heavy atom. The highest BCUT2D eigenvalue weighted by Gasteiger charge is 2.43. The van der Waals surface area contributed by atoms with Gasteiger partial charge in [0.25, 0.3) is 0 Å². The minimum absolute atomic E-state index is 0.0979. The van der Waals surface area contributed by atoms with E-state index in [0.29, 0.717) is 19.4 Å². The summed E-state index contributed by atoms with van der Waals surface area (Å²) in [5.41, 5.74) is 0. The quantitative estimate of drug-likeness (QED) is 0.751. The van der Waals surface area contributed by atoms with E-state index in [-0.39, 0.29) is 24.7 Å². The van der Waals surface area contributed by atoms with Crippen LogP contribution in [0.25, 0.3) is 0 Å². The van der Waals surface area contributed by atoms with Crippen molar-refractivity contribution in [3.05, 3.63) is 0 Å². The largest absolute Gasteiger partial charge is 0.481 e. The molecule has 21 heavy (non-hydrogen) atoms. The summed E-state index contributed by atoms with van der Waals surface area (Å²) >= 11 is 0. The number of carboxylic acid groups (broad SMARTS) is 1. The van der Waals surface area contributed by atoms with Crippen LogP contribution in [0.3, 0.4) is 0 Å². The highest BCUT2D eigenvalue weighted by molar-refractivity contribution is 7.89. The first kappa shape index (κ1) is 16.2. The average molecular weight is 318 g/mol. The van der Waals surface area contributed by atoms with Gasteiger partial charge in [-0.15, -0.1) is 0 Å². The van der Waals surface area contributed by atoms with E-state index in [4.69, 9.17) is 5.11 Å². The van der Waals surface area contributed by atoms with Crippen LogP contribution < -0.4 is 0 Å². The Labute approximate surface area is 125 Å². The number of aliphatic carboxylic acids is 1. The molecule has 2 saturated heterocycles. The zero-order valence-electron chi connectivity index (χ0n) is 12.2. The van der Waals surface area contributed by atoms with Gasteiger partial charge in [-0.2, -0.15) is 4.31 Å². The lowest BCUT2D eigenvalue weighted by Gasteiger charge is -2.40. The highest BCUT2D eigenvalue weighted by Crippen LogP contribution is 2.25. The van der Waals surface area contributed by atoms with Crippen LogP contribution in [0.2, 0.25) is 0 Å². The number of carbonyl (C=O) groups is 2. The van der Waals surface area contributed by atoms with E-state index < -0.39 is 28.0 Å². The van der Waals surface area contributed by atoms with Crippen LogP contribution in [0, 0.1) is 5.92 Å². The molecule has 2 aliphatic heterocycles. The molecule has 0 bridgehead atoms. The van der Waals surface area contributed by atoms with Gasteiger partial charge in [-0.05, 0) is 12.8 Å². The van der Waals surface area contributed by atoms with E-state index in [1.54, 1.807) is 0 Å². The molecule has 0 aromatic carbocycles. The van der Waals surface area contributed by atoms with Gasteiger partial charge in [0.15, 0.2) is 0 Å². The van der Waals surface area contributed by atoms with Crippen molar-refractivity contribution in [2.75, 3.05) is 25.4 Å². The van der Waals surface area contributed by atoms with Crippen molar-refractivity contribution in [1.82, 2.24) is 9.21 Å². The molecule has 2 fully saturated rings. The van der Waals surface area contributed by atoms with Gasteiger partial charge in [-0.1, -0.05) is 19.8 Å². The Hall–Kier alpha value is -1.15. The summed E-state index contributed by atoms with van der Waals surface area (Å²) < 4.78 is 25.4. The monoisotopic (exact) mass is 318 g/mol. The Balaban J connectivity index is 2.06. The fourth-order valence-electron chi connectivity index (χ4n) is 2.82. The third kappa shape index (κ3) is 3.37. The number of hydrogen-bond donors (Lipinski definition) is 1. The molecule has 1 unspecified atom stereocenters. The normalized spacial score (nSPS) is 23.8. The van der Waals surface area contributed by atoms with Crippen molar-refractivity contribution in [2.24, 2.45) is 5.92 Å². The Kier molecular flexibility index (Phi) is 4.88. The van der Waals surface area contributed by atoms with Crippen LogP contribution >= 0.6 is 0 Å². The molecule has 120 valence electrons. The molecule has 2 aliphatic rings. The molecule has 1 atom stereocenters. The highest BCUT2D eigenvalue weighted by atomic mass is 32.2. The number of carbonyl (C=O) groups excluding carboxylic acids is 1. The van der Waals surface area contributed by atoms with E-state index in [0.717, 1.165) is 12.8 Å². The molecule has 2 heterocycles. The van der Waals surface area contributed by atoms with Crippen LogP contribution in [0.15, 0.2) is 0 Å². The van der Waals surface area contributed by atoms with Gasteiger partial charge < -0.3 is 10.0 Å². The summed E-state index contributed by atoms with van der Waals surface area (Å²) in [5.74, 6) is -1.57. The van der Waals surface area contributed by atoms with Crippen molar-refractivity contribution >= 4 is 21.9 Å². The van der Waals surface area contributed by atoms with Crippen molar-refractivity contribution < 1.29 is 23.1 Å². The first-order valence-electron chi connectivity index (χ1n) is 7.38. The number of nitrogens with zero attached hydrogens (tertiary/aromatic N) is 2. The zero-order valence-corrected chi connectivity index (χ0v) is 13.0. The molecule has 1 N–H and O–H groups in total. The van der Waals surface area contributed by atoms with Gasteiger partial charge in [0.2, 0.25) is 15.9 Å². The van der Waals surface area contributed by atoms with Crippen LogP contribution in [-0.4, -0.2) is 66.0 Å². The van der Waals surface area contributed by atoms with E-state index in [2.05, 4.69) is 0 Å². The third-order valence-electron chi connectivity index (χ3n) is 4.14. The Morgan fingerprint density at radius 1 is 1.33 bits per heavy atom. The first-order valence-corrected chi connectivity index (χ1v) is 8.99. The summed E-state index contributed by atoms with van der Waals surface area (Å²) in [4.78, 5) is 24.8. The zero-order chi connectivity index (χ0) is 15.6. The number of amides is 1. The van der Waals surface area contributed by atoms with Crippen LogP contribution in [-0.2, 0) is 19.6 Å². The summed E-state index contributed by atoms with van der Waals surface area (Å²) in [5, 5.41) is 8.86. The van der Waals surface area contributed by atoms with Gasteiger partial charge in [0.1, 0.15) is 6.04 Å². The predicted molar refractivity (Wildman–Crippen MR) is 76.1 cm³/mol. The minimum Gasteiger partial charge on any atom is -0.481 e. The van der Waals surface area contributed by atoms with Gasteiger partial charge in [0.05, 0.1) is 11.7 Å². The predicted octanol–water partition coefficient (Wildman–Crippen LogP) is 0.124. The Bertz CT molecular complexity index is 513. The van der Waals surface area contributed by atoms with E-state index >= 15 is 0 Å². The number of rotatable bonds is 6. The van der Waals surface area contributed by atoms with Crippen molar-refractivity contribution in [3.63, 3.8) is 0 Å². The molecular weight excluding hydrogens is 296 g/mol. The van der Waals surface area contributed by atoms with Crippen molar-refractivity contribution in [3.8, 4) is 0 Å².